The van der Waals surface area contributed by atoms with Gasteiger partial charge in [-0.3, -0.25) is 14.2 Å². The Labute approximate surface area is 170 Å². The van der Waals surface area contributed by atoms with E-state index in [0.29, 0.717) is 40.0 Å². The van der Waals surface area contributed by atoms with Crippen molar-refractivity contribution < 1.29 is 14.3 Å². The first-order valence-corrected chi connectivity index (χ1v) is 10.5. The molecule has 0 saturated heterocycles. The van der Waals surface area contributed by atoms with Crippen LogP contribution in [0.5, 0.6) is 5.75 Å². The summed E-state index contributed by atoms with van der Waals surface area (Å²) in [6.07, 6.45) is 0.753. The zero-order valence-electron chi connectivity index (χ0n) is 15.6. The third-order valence-electron chi connectivity index (χ3n) is 3.96. The van der Waals surface area contributed by atoms with E-state index in [4.69, 9.17) is 9.47 Å². The summed E-state index contributed by atoms with van der Waals surface area (Å²) in [6, 6.07) is 9.00. The fraction of sp³-hybridized carbons (Fsp3) is 0.316. The Bertz CT molecular complexity index is 999. The number of carbonyl (C=O) groups is 1. The van der Waals surface area contributed by atoms with E-state index >= 15 is 0 Å². The summed E-state index contributed by atoms with van der Waals surface area (Å²) in [5, 5.41) is 5.16. The highest BCUT2D eigenvalue weighted by Crippen LogP contribution is 2.24. The third-order valence-corrected chi connectivity index (χ3v) is 5.79. The second-order valence-corrected chi connectivity index (χ2v) is 7.71. The van der Waals surface area contributed by atoms with Crippen molar-refractivity contribution in [1.82, 2.24) is 14.9 Å². The van der Waals surface area contributed by atoms with Gasteiger partial charge in [0.05, 0.1) is 24.1 Å². The number of ether oxygens (including phenoxy) is 2. The number of methoxy groups -OCH3 is 2. The van der Waals surface area contributed by atoms with Crippen LogP contribution in [-0.4, -0.2) is 48.6 Å². The van der Waals surface area contributed by atoms with E-state index in [0.717, 1.165) is 6.42 Å². The highest BCUT2D eigenvalue weighted by Gasteiger charge is 2.15. The number of nitrogens with one attached hydrogen (secondary N) is 1. The number of hydrogen-bond donors (Lipinski definition) is 1. The van der Waals surface area contributed by atoms with Crippen LogP contribution >= 0.6 is 23.1 Å². The first-order chi connectivity index (χ1) is 13.6. The number of thioether (sulfide) groups is 1. The molecule has 0 spiro atoms. The summed E-state index contributed by atoms with van der Waals surface area (Å²) in [4.78, 5) is 29.7. The number of benzene rings is 1. The zero-order chi connectivity index (χ0) is 19.9. The van der Waals surface area contributed by atoms with Gasteiger partial charge in [-0.1, -0.05) is 11.8 Å². The lowest BCUT2D eigenvalue weighted by molar-refractivity contribution is -0.118. The molecule has 7 nitrogen and oxygen atoms in total. The van der Waals surface area contributed by atoms with Gasteiger partial charge in [-0.05, 0) is 42.1 Å². The number of amides is 1. The molecule has 1 N–H and O–H groups in total. The second-order valence-electron chi connectivity index (χ2n) is 5.85. The third kappa shape index (κ3) is 4.73. The van der Waals surface area contributed by atoms with Gasteiger partial charge in [-0.25, -0.2) is 4.98 Å². The van der Waals surface area contributed by atoms with Gasteiger partial charge in [0.25, 0.3) is 5.56 Å². The Morgan fingerprint density at radius 3 is 2.75 bits per heavy atom. The lowest BCUT2D eigenvalue weighted by atomic mass is 10.3. The minimum atomic E-state index is -0.145. The highest BCUT2D eigenvalue weighted by molar-refractivity contribution is 7.99. The number of fused-ring (bicyclic) bond motifs is 1. The van der Waals surface area contributed by atoms with E-state index in [-0.39, 0.29) is 17.2 Å². The Balaban J connectivity index is 1.85. The molecular formula is C19H21N3O4S2. The number of carbonyl (C=O) groups excluding carboxylic acids is 1. The maximum absolute atomic E-state index is 13.0. The molecule has 0 aliphatic carbocycles. The van der Waals surface area contributed by atoms with Crippen LogP contribution in [0.4, 0.5) is 0 Å². The summed E-state index contributed by atoms with van der Waals surface area (Å²) >= 11 is 2.60. The van der Waals surface area contributed by atoms with Gasteiger partial charge in [-0.2, -0.15) is 0 Å². The van der Waals surface area contributed by atoms with Crippen molar-refractivity contribution in [3.63, 3.8) is 0 Å². The molecule has 0 aliphatic heterocycles. The maximum Gasteiger partial charge on any atom is 0.276 e. The Morgan fingerprint density at radius 2 is 2.04 bits per heavy atom. The first-order valence-electron chi connectivity index (χ1n) is 8.67. The van der Waals surface area contributed by atoms with Crippen molar-refractivity contribution in [3.05, 3.63) is 46.1 Å². The molecule has 0 atom stereocenters. The van der Waals surface area contributed by atoms with Crippen LogP contribution in [0.3, 0.4) is 0 Å². The second kappa shape index (κ2) is 9.72. The van der Waals surface area contributed by atoms with E-state index in [1.54, 1.807) is 43.1 Å². The Hall–Kier alpha value is -2.36. The fourth-order valence-electron chi connectivity index (χ4n) is 2.57. The van der Waals surface area contributed by atoms with Crippen LogP contribution in [0.1, 0.15) is 6.42 Å². The summed E-state index contributed by atoms with van der Waals surface area (Å²) in [6.45, 7) is 1.15. The molecule has 0 bridgehead atoms. The van der Waals surface area contributed by atoms with E-state index in [9.17, 15) is 9.59 Å². The van der Waals surface area contributed by atoms with Crippen LogP contribution in [0.15, 0.2) is 45.7 Å². The van der Waals surface area contributed by atoms with Gasteiger partial charge in [0, 0.05) is 20.3 Å². The number of hydrogen-bond acceptors (Lipinski definition) is 7. The minimum absolute atomic E-state index is 0.109. The molecule has 2 heterocycles. The zero-order valence-corrected chi connectivity index (χ0v) is 17.3. The minimum Gasteiger partial charge on any atom is -0.497 e. The topological polar surface area (TPSA) is 82.5 Å². The van der Waals surface area contributed by atoms with Gasteiger partial charge in [0.2, 0.25) is 5.91 Å². The Kier molecular flexibility index (Phi) is 7.07. The van der Waals surface area contributed by atoms with Gasteiger partial charge >= 0.3 is 0 Å². The SMILES string of the molecule is COCCCNC(=O)CSc1nc2ccsc2c(=O)n1-c1ccc(OC)cc1. The van der Waals surface area contributed by atoms with Crippen molar-refractivity contribution in [2.24, 2.45) is 0 Å². The predicted molar refractivity (Wildman–Crippen MR) is 112 cm³/mol. The molecule has 0 aliphatic rings. The standard InChI is InChI=1S/C19H21N3O4S2/c1-25-10-3-9-20-16(23)12-28-19-21-15-8-11-27-17(15)18(24)22(19)13-4-6-14(26-2)7-5-13/h4-8,11H,3,9-10,12H2,1-2H3,(H,20,23). The molecule has 2 aromatic heterocycles. The van der Waals surface area contributed by atoms with Crippen LogP contribution < -0.4 is 15.6 Å². The van der Waals surface area contributed by atoms with Crippen LogP contribution in [0.2, 0.25) is 0 Å². The number of rotatable bonds is 9. The average Bonchev–Trinajstić information content (AvgIpc) is 3.19. The summed E-state index contributed by atoms with van der Waals surface area (Å²) < 4.78 is 12.3. The number of aromatic nitrogens is 2. The lowest BCUT2D eigenvalue weighted by Gasteiger charge is -2.12. The summed E-state index contributed by atoms with van der Waals surface area (Å²) in [5.41, 5.74) is 1.17. The van der Waals surface area contributed by atoms with E-state index < -0.39 is 0 Å². The molecular weight excluding hydrogens is 398 g/mol. The van der Waals surface area contributed by atoms with Crippen molar-refractivity contribution >= 4 is 39.2 Å². The average molecular weight is 420 g/mol. The van der Waals surface area contributed by atoms with Crippen molar-refractivity contribution in [2.75, 3.05) is 33.1 Å². The molecule has 28 heavy (non-hydrogen) atoms. The van der Waals surface area contributed by atoms with E-state index in [2.05, 4.69) is 10.3 Å². The van der Waals surface area contributed by atoms with Gasteiger partial charge in [0.1, 0.15) is 10.4 Å². The van der Waals surface area contributed by atoms with Crippen LogP contribution in [0.25, 0.3) is 15.9 Å². The van der Waals surface area contributed by atoms with Gasteiger partial charge < -0.3 is 14.8 Å². The highest BCUT2D eigenvalue weighted by atomic mass is 32.2. The van der Waals surface area contributed by atoms with Gasteiger partial charge in [-0.15, -0.1) is 11.3 Å². The fourth-order valence-corrected chi connectivity index (χ4v) is 4.18. The molecule has 0 radical (unpaired) electrons. The monoisotopic (exact) mass is 419 g/mol. The molecule has 0 fully saturated rings. The molecule has 1 amide bonds. The molecule has 9 heteroatoms. The van der Waals surface area contributed by atoms with E-state index in [1.165, 1.54) is 23.1 Å². The quantitative estimate of drug-likeness (QED) is 0.326. The summed E-state index contributed by atoms with van der Waals surface area (Å²) in [5.74, 6) is 0.763. The summed E-state index contributed by atoms with van der Waals surface area (Å²) in [7, 11) is 3.22. The molecule has 0 saturated carbocycles. The smallest absolute Gasteiger partial charge is 0.276 e. The normalized spacial score (nSPS) is 10.9. The molecule has 148 valence electrons. The van der Waals surface area contributed by atoms with E-state index in [1.807, 2.05) is 11.4 Å². The maximum atomic E-state index is 13.0. The van der Waals surface area contributed by atoms with Crippen molar-refractivity contribution in [1.29, 1.82) is 0 Å². The van der Waals surface area contributed by atoms with Crippen LogP contribution in [-0.2, 0) is 9.53 Å². The number of thiophene rings is 1. The number of nitrogens with zero attached hydrogens (tertiary/aromatic N) is 2. The lowest BCUT2D eigenvalue weighted by Crippen LogP contribution is -2.27. The first kappa shape index (κ1) is 20.4. The largest absolute Gasteiger partial charge is 0.497 e. The van der Waals surface area contributed by atoms with Crippen molar-refractivity contribution in [3.8, 4) is 11.4 Å². The Morgan fingerprint density at radius 1 is 1.25 bits per heavy atom. The molecule has 1 aromatic carbocycles. The van der Waals surface area contributed by atoms with Crippen molar-refractivity contribution in [2.45, 2.75) is 11.6 Å². The molecule has 3 aromatic rings. The predicted octanol–water partition coefficient (Wildman–Crippen LogP) is 2.70. The molecule has 0 unspecified atom stereocenters. The molecule has 3 rings (SSSR count). The van der Waals surface area contributed by atoms with Crippen LogP contribution in [0, 0.1) is 0 Å². The van der Waals surface area contributed by atoms with Gasteiger partial charge in [0.15, 0.2) is 5.16 Å².